The van der Waals surface area contributed by atoms with Gasteiger partial charge in [-0.25, -0.2) is 8.78 Å². The molecule has 0 heterocycles. The normalized spacial score (nSPS) is 14.0. The lowest BCUT2D eigenvalue weighted by Gasteiger charge is -2.23. The number of rotatable bonds is 10. The molecule has 126 valence electrons. The van der Waals surface area contributed by atoms with Crippen LogP contribution in [0.1, 0.15) is 73.1 Å². The quantitative estimate of drug-likeness (QED) is 0.395. The highest BCUT2D eigenvalue weighted by Crippen LogP contribution is 2.25. The van der Waals surface area contributed by atoms with Gasteiger partial charge in [-0.1, -0.05) is 19.8 Å². The van der Waals surface area contributed by atoms with Crippen LogP contribution in [0.2, 0.25) is 0 Å². The molecule has 0 aromatic heterocycles. The number of esters is 1. The Hall–Kier alpha value is -0.320. The molecular formula is C16H30F2O2S. The first-order valence-corrected chi connectivity index (χ1v) is 8.82. The van der Waals surface area contributed by atoms with E-state index >= 15 is 0 Å². The van der Waals surface area contributed by atoms with Crippen molar-refractivity contribution in [2.24, 2.45) is 0 Å². The summed E-state index contributed by atoms with van der Waals surface area (Å²) in [5.74, 6) is -2.04. The van der Waals surface area contributed by atoms with Crippen molar-refractivity contribution in [1.82, 2.24) is 0 Å². The summed E-state index contributed by atoms with van der Waals surface area (Å²) < 4.78 is 30.8. The summed E-state index contributed by atoms with van der Waals surface area (Å²) in [4.78, 5) is 12.1. The SMILES string of the molecule is CCCCC(SCCCCC(C)(F)F)C(=O)OC(C)(C)C. The Kier molecular flexibility index (Phi) is 9.50. The topological polar surface area (TPSA) is 26.3 Å². The summed E-state index contributed by atoms with van der Waals surface area (Å²) in [6, 6.07) is 0. The lowest BCUT2D eigenvalue weighted by atomic mass is 10.1. The molecular weight excluding hydrogens is 294 g/mol. The lowest BCUT2D eigenvalue weighted by Crippen LogP contribution is -2.30. The molecule has 0 aliphatic rings. The molecule has 0 saturated heterocycles. The lowest BCUT2D eigenvalue weighted by molar-refractivity contribution is -0.154. The molecule has 0 fully saturated rings. The molecule has 1 atom stereocenters. The summed E-state index contributed by atoms with van der Waals surface area (Å²) in [5, 5.41) is -0.175. The van der Waals surface area contributed by atoms with Gasteiger partial charge in [-0.3, -0.25) is 4.79 Å². The molecule has 2 nitrogen and oxygen atoms in total. The van der Waals surface area contributed by atoms with Crippen molar-refractivity contribution in [2.75, 3.05) is 5.75 Å². The zero-order valence-electron chi connectivity index (χ0n) is 14.0. The maximum absolute atomic E-state index is 12.7. The average molecular weight is 324 g/mol. The Labute approximate surface area is 132 Å². The number of thioether (sulfide) groups is 1. The molecule has 0 aromatic rings. The molecule has 0 radical (unpaired) electrons. The molecule has 0 rings (SSSR count). The number of ether oxygens (including phenoxy) is 1. The van der Waals surface area contributed by atoms with Crippen LogP contribution >= 0.6 is 11.8 Å². The third kappa shape index (κ3) is 13.1. The van der Waals surface area contributed by atoms with Crippen molar-refractivity contribution in [3.8, 4) is 0 Å². The van der Waals surface area contributed by atoms with E-state index in [4.69, 9.17) is 4.74 Å². The van der Waals surface area contributed by atoms with E-state index in [0.29, 0.717) is 12.8 Å². The van der Waals surface area contributed by atoms with Gasteiger partial charge < -0.3 is 4.74 Å². The van der Waals surface area contributed by atoms with E-state index in [2.05, 4.69) is 6.92 Å². The van der Waals surface area contributed by atoms with Crippen LogP contribution in [0.4, 0.5) is 8.78 Å². The van der Waals surface area contributed by atoms with Crippen molar-refractivity contribution in [3.05, 3.63) is 0 Å². The standard InChI is InChI=1S/C16H30F2O2S/c1-6-7-10-13(14(19)20-15(2,3)4)21-12-9-8-11-16(5,17)18/h13H,6-12H2,1-5H3. The minimum Gasteiger partial charge on any atom is -0.459 e. The van der Waals surface area contributed by atoms with Gasteiger partial charge in [0.15, 0.2) is 0 Å². The van der Waals surface area contributed by atoms with Gasteiger partial charge in [-0.05, 0) is 52.7 Å². The van der Waals surface area contributed by atoms with Gasteiger partial charge in [-0.15, -0.1) is 11.8 Å². The highest BCUT2D eigenvalue weighted by Gasteiger charge is 2.25. The van der Waals surface area contributed by atoms with E-state index in [9.17, 15) is 13.6 Å². The fourth-order valence-electron chi connectivity index (χ4n) is 1.79. The van der Waals surface area contributed by atoms with Crippen molar-refractivity contribution in [2.45, 2.75) is 89.9 Å². The van der Waals surface area contributed by atoms with Gasteiger partial charge in [0.25, 0.3) is 0 Å². The second kappa shape index (κ2) is 9.65. The predicted molar refractivity (Wildman–Crippen MR) is 86.1 cm³/mol. The zero-order chi connectivity index (χ0) is 16.5. The Morgan fingerprint density at radius 3 is 2.24 bits per heavy atom. The second-order valence-corrected chi connectivity index (χ2v) is 7.87. The molecule has 5 heteroatoms. The van der Waals surface area contributed by atoms with Crippen LogP contribution in [0, 0.1) is 0 Å². The van der Waals surface area contributed by atoms with E-state index in [1.165, 1.54) is 0 Å². The molecule has 0 spiro atoms. The first-order chi connectivity index (χ1) is 9.55. The maximum atomic E-state index is 12.7. The van der Waals surface area contributed by atoms with Crippen molar-refractivity contribution in [1.29, 1.82) is 0 Å². The van der Waals surface area contributed by atoms with E-state index in [1.807, 2.05) is 20.8 Å². The molecule has 0 aromatic carbocycles. The highest BCUT2D eigenvalue weighted by atomic mass is 32.2. The molecule has 0 N–H and O–H groups in total. The van der Waals surface area contributed by atoms with Crippen LogP contribution < -0.4 is 0 Å². The van der Waals surface area contributed by atoms with Gasteiger partial charge in [-0.2, -0.15) is 0 Å². The van der Waals surface area contributed by atoms with E-state index in [1.54, 1.807) is 11.8 Å². The summed E-state index contributed by atoms with van der Waals surface area (Å²) >= 11 is 1.54. The molecule has 0 bridgehead atoms. The summed E-state index contributed by atoms with van der Waals surface area (Å²) in [7, 11) is 0. The van der Waals surface area contributed by atoms with Gasteiger partial charge in [0.2, 0.25) is 5.92 Å². The first kappa shape index (κ1) is 20.7. The molecule has 0 aliphatic carbocycles. The van der Waals surface area contributed by atoms with Crippen LogP contribution in [0.15, 0.2) is 0 Å². The zero-order valence-corrected chi connectivity index (χ0v) is 14.8. The number of hydrogen-bond donors (Lipinski definition) is 0. The van der Waals surface area contributed by atoms with Gasteiger partial charge in [0, 0.05) is 6.42 Å². The Bertz CT molecular complexity index is 296. The number of carbonyl (C=O) groups excluding carboxylic acids is 1. The van der Waals surface area contributed by atoms with Crippen molar-refractivity contribution < 1.29 is 18.3 Å². The number of alkyl halides is 2. The van der Waals surface area contributed by atoms with Crippen LogP contribution in [0.5, 0.6) is 0 Å². The number of unbranched alkanes of at least 4 members (excludes halogenated alkanes) is 2. The Morgan fingerprint density at radius 2 is 1.76 bits per heavy atom. The van der Waals surface area contributed by atoms with E-state index in [0.717, 1.165) is 31.9 Å². The molecule has 21 heavy (non-hydrogen) atoms. The minimum atomic E-state index is -2.59. The largest absolute Gasteiger partial charge is 0.459 e. The fraction of sp³-hybridized carbons (Fsp3) is 0.938. The molecule has 0 amide bonds. The molecule has 0 saturated carbocycles. The smallest absolute Gasteiger partial charge is 0.319 e. The van der Waals surface area contributed by atoms with Gasteiger partial charge >= 0.3 is 5.97 Å². The Morgan fingerprint density at radius 1 is 1.14 bits per heavy atom. The van der Waals surface area contributed by atoms with Crippen LogP contribution in [0.25, 0.3) is 0 Å². The monoisotopic (exact) mass is 324 g/mol. The second-order valence-electron chi connectivity index (χ2n) is 6.56. The number of halogens is 2. The average Bonchev–Trinajstić information content (AvgIpc) is 2.28. The summed E-state index contributed by atoms with van der Waals surface area (Å²) in [6.07, 6.45) is 3.91. The number of hydrogen-bond acceptors (Lipinski definition) is 3. The maximum Gasteiger partial charge on any atom is 0.319 e. The summed E-state index contributed by atoms with van der Waals surface area (Å²) in [5.41, 5.74) is -0.480. The van der Waals surface area contributed by atoms with Crippen LogP contribution in [-0.2, 0) is 9.53 Å². The Balaban J connectivity index is 4.15. The molecule has 0 aliphatic heterocycles. The van der Waals surface area contributed by atoms with Crippen molar-refractivity contribution >= 4 is 17.7 Å². The first-order valence-electron chi connectivity index (χ1n) is 7.77. The third-order valence-corrected chi connectivity index (χ3v) is 4.17. The molecule has 1 unspecified atom stereocenters. The third-order valence-electron chi connectivity index (χ3n) is 2.82. The number of carbonyl (C=O) groups is 1. The predicted octanol–water partition coefficient (Wildman–Crippen LogP) is 5.45. The van der Waals surface area contributed by atoms with Gasteiger partial charge in [0.05, 0.1) is 0 Å². The van der Waals surface area contributed by atoms with E-state index in [-0.39, 0.29) is 17.6 Å². The van der Waals surface area contributed by atoms with Crippen molar-refractivity contribution in [3.63, 3.8) is 0 Å². The van der Waals surface area contributed by atoms with E-state index < -0.39 is 11.5 Å². The van der Waals surface area contributed by atoms with Crippen LogP contribution in [-0.4, -0.2) is 28.5 Å². The highest BCUT2D eigenvalue weighted by molar-refractivity contribution is 8.00. The summed E-state index contributed by atoms with van der Waals surface area (Å²) in [6.45, 7) is 8.60. The fourth-order valence-corrected chi connectivity index (χ4v) is 2.96. The van der Waals surface area contributed by atoms with Crippen LogP contribution in [0.3, 0.4) is 0 Å². The minimum absolute atomic E-state index is 0.0837. The van der Waals surface area contributed by atoms with Gasteiger partial charge in [0.1, 0.15) is 10.9 Å².